The zero-order valence-electron chi connectivity index (χ0n) is 19.6. The first-order valence-electron chi connectivity index (χ1n) is 11.1. The summed E-state index contributed by atoms with van der Waals surface area (Å²) < 4.78 is 1.94. The number of rotatable bonds is 6. The quantitative estimate of drug-likeness (QED) is 0.297. The normalized spacial score (nSPS) is 10.8. The van der Waals surface area contributed by atoms with E-state index in [1.54, 1.807) is 18.7 Å². The molecule has 0 spiro atoms. The number of aryl methyl sites for hydroxylation is 3. The van der Waals surface area contributed by atoms with E-state index in [2.05, 4.69) is 31.7 Å². The fourth-order valence-electron chi connectivity index (χ4n) is 3.74. The van der Waals surface area contributed by atoms with E-state index in [1.807, 2.05) is 79.4 Å². The van der Waals surface area contributed by atoms with Crippen LogP contribution in [0.25, 0.3) is 16.9 Å². The summed E-state index contributed by atoms with van der Waals surface area (Å²) in [5, 5.41) is 9.13. The number of hydrogen-bond donors (Lipinski definition) is 2. The van der Waals surface area contributed by atoms with Crippen molar-refractivity contribution in [2.45, 2.75) is 20.8 Å². The van der Waals surface area contributed by atoms with Crippen LogP contribution in [0.2, 0.25) is 0 Å². The average molecular weight is 481 g/mol. The van der Waals surface area contributed by atoms with E-state index in [0.717, 1.165) is 50.3 Å². The van der Waals surface area contributed by atoms with Crippen molar-refractivity contribution in [3.63, 3.8) is 0 Å². The highest BCUT2D eigenvalue weighted by Crippen LogP contribution is 2.29. The lowest BCUT2D eigenvalue weighted by Gasteiger charge is -2.12. The summed E-state index contributed by atoms with van der Waals surface area (Å²) in [6, 6.07) is 15.4. The summed E-state index contributed by atoms with van der Waals surface area (Å²) in [6.45, 7) is 5.95. The zero-order valence-corrected chi connectivity index (χ0v) is 20.4. The number of nitrogens with one attached hydrogen (secondary N) is 2. The van der Waals surface area contributed by atoms with E-state index in [9.17, 15) is 4.79 Å². The van der Waals surface area contributed by atoms with Crippen LogP contribution in [0.1, 0.15) is 27.2 Å². The predicted molar refractivity (Wildman–Crippen MR) is 141 cm³/mol. The first-order valence-corrected chi connectivity index (χ1v) is 12.0. The summed E-state index contributed by atoms with van der Waals surface area (Å²) in [4.78, 5) is 26.2. The highest BCUT2D eigenvalue weighted by molar-refractivity contribution is 7.14. The predicted octanol–water partition coefficient (Wildman–Crippen LogP) is 6.31. The van der Waals surface area contributed by atoms with Crippen LogP contribution >= 0.6 is 11.3 Å². The third kappa shape index (κ3) is 5.12. The highest BCUT2D eigenvalue weighted by atomic mass is 32.1. The van der Waals surface area contributed by atoms with Gasteiger partial charge in [0.1, 0.15) is 0 Å². The second-order valence-electron chi connectivity index (χ2n) is 8.37. The fraction of sp³-hybridized carbons (Fsp3) is 0.111. The molecule has 35 heavy (non-hydrogen) atoms. The number of benzene rings is 2. The van der Waals surface area contributed by atoms with Crippen molar-refractivity contribution in [1.82, 2.24) is 19.5 Å². The van der Waals surface area contributed by atoms with Gasteiger partial charge in [-0.15, -0.1) is 11.3 Å². The van der Waals surface area contributed by atoms with Gasteiger partial charge in [0.15, 0.2) is 5.13 Å². The lowest BCUT2D eigenvalue weighted by Crippen LogP contribution is -2.13. The Labute approximate surface area is 207 Å². The Hall–Kier alpha value is -4.30. The molecule has 0 aliphatic heterocycles. The van der Waals surface area contributed by atoms with Gasteiger partial charge in [-0.05, 0) is 74.4 Å². The molecule has 0 atom stereocenters. The number of anilines is 3. The van der Waals surface area contributed by atoms with Crippen molar-refractivity contribution in [2.24, 2.45) is 0 Å². The molecular formula is C27H24N6OS. The van der Waals surface area contributed by atoms with Gasteiger partial charge in [-0.1, -0.05) is 6.07 Å². The number of carbonyl (C=O) groups excluding carboxylic acids is 1. The van der Waals surface area contributed by atoms with E-state index in [-0.39, 0.29) is 5.91 Å². The summed E-state index contributed by atoms with van der Waals surface area (Å²) >= 11 is 1.51. The number of hydrogen-bond acceptors (Lipinski definition) is 6. The SMILES string of the molecule is Cc1cc(NC(=O)c2ccc(C)c(Nc3nc(-c4cccnc4)cs3)c2)cc(-n2cnc(C)c2)c1. The summed E-state index contributed by atoms with van der Waals surface area (Å²) in [5.41, 5.74) is 7.90. The molecule has 3 heterocycles. The standard InChI is InChI=1S/C27H24N6OS/c1-17-9-22(12-23(10-17)33-14-19(3)29-16-33)30-26(34)20-7-6-18(2)24(11-20)31-27-32-25(15-35-27)21-5-4-8-28-13-21/h4-16H,1-3H3,(H,30,34)(H,31,32). The number of amides is 1. The van der Waals surface area contributed by atoms with E-state index in [4.69, 9.17) is 0 Å². The third-order valence-corrected chi connectivity index (χ3v) is 6.29. The Morgan fingerprint density at radius 1 is 1.06 bits per heavy atom. The monoisotopic (exact) mass is 480 g/mol. The molecule has 0 aliphatic carbocycles. The van der Waals surface area contributed by atoms with Crippen molar-refractivity contribution < 1.29 is 4.79 Å². The van der Waals surface area contributed by atoms with E-state index < -0.39 is 0 Å². The first kappa shape index (κ1) is 22.5. The molecule has 1 amide bonds. The van der Waals surface area contributed by atoms with Crippen molar-refractivity contribution in [3.8, 4) is 16.9 Å². The maximum absolute atomic E-state index is 13.1. The lowest BCUT2D eigenvalue weighted by molar-refractivity contribution is 0.102. The smallest absolute Gasteiger partial charge is 0.255 e. The van der Waals surface area contributed by atoms with E-state index >= 15 is 0 Å². The van der Waals surface area contributed by atoms with Gasteiger partial charge in [-0.3, -0.25) is 9.78 Å². The van der Waals surface area contributed by atoms with Gasteiger partial charge in [0, 0.05) is 52.2 Å². The molecule has 0 aliphatic rings. The van der Waals surface area contributed by atoms with Crippen LogP contribution in [0.15, 0.2) is 78.8 Å². The maximum atomic E-state index is 13.1. The van der Waals surface area contributed by atoms with Gasteiger partial charge in [-0.25, -0.2) is 9.97 Å². The molecule has 0 radical (unpaired) electrons. The van der Waals surface area contributed by atoms with Gasteiger partial charge >= 0.3 is 0 Å². The fourth-order valence-corrected chi connectivity index (χ4v) is 4.47. The van der Waals surface area contributed by atoms with Crippen LogP contribution in [0, 0.1) is 20.8 Å². The Bertz CT molecular complexity index is 1510. The molecule has 2 aromatic carbocycles. The van der Waals surface area contributed by atoms with Crippen LogP contribution in [0.4, 0.5) is 16.5 Å². The van der Waals surface area contributed by atoms with Crippen LogP contribution < -0.4 is 10.6 Å². The highest BCUT2D eigenvalue weighted by Gasteiger charge is 2.12. The third-order valence-electron chi connectivity index (χ3n) is 5.53. The molecule has 174 valence electrons. The van der Waals surface area contributed by atoms with Gasteiger partial charge in [0.05, 0.1) is 17.7 Å². The molecule has 8 heteroatoms. The maximum Gasteiger partial charge on any atom is 0.255 e. The largest absolute Gasteiger partial charge is 0.331 e. The van der Waals surface area contributed by atoms with Crippen molar-refractivity contribution >= 4 is 33.8 Å². The van der Waals surface area contributed by atoms with Gasteiger partial charge in [0.25, 0.3) is 5.91 Å². The number of imidazole rings is 1. The van der Waals surface area contributed by atoms with Gasteiger partial charge < -0.3 is 15.2 Å². The topological polar surface area (TPSA) is 84.7 Å². The molecule has 0 bridgehead atoms. The minimum Gasteiger partial charge on any atom is -0.331 e. The molecule has 3 aromatic heterocycles. The number of carbonyl (C=O) groups is 1. The second kappa shape index (κ2) is 9.52. The Kier molecular flexibility index (Phi) is 6.12. The number of aromatic nitrogens is 4. The van der Waals surface area contributed by atoms with Crippen molar-refractivity contribution in [2.75, 3.05) is 10.6 Å². The molecular weight excluding hydrogens is 456 g/mol. The molecule has 0 fully saturated rings. The molecule has 0 unspecified atom stereocenters. The molecule has 0 saturated heterocycles. The van der Waals surface area contributed by atoms with E-state index in [0.29, 0.717) is 5.56 Å². The number of pyridine rings is 1. The molecule has 5 rings (SSSR count). The summed E-state index contributed by atoms with van der Waals surface area (Å²) in [7, 11) is 0. The number of nitrogens with zero attached hydrogens (tertiary/aromatic N) is 4. The van der Waals surface area contributed by atoms with Crippen molar-refractivity contribution in [1.29, 1.82) is 0 Å². The second-order valence-corrected chi connectivity index (χ2v) is 9.23. The van der Waals surface area contributed by atoms with Gasteiger partial charge in [0.2, 0.25) is 0 Å². The number of thiazole rings is 1. The summed E-state index contributed by atoms with van der Waals surface area (Å²) in [6.07, 6.45) is 7.26. The average Bonchev–Trinajstić information content (AvgIpc) is 3.50. The Morgan fingerprint density at radius 3 is 2.71 bits per heavy atom. The Balaban J connectivity index is 1.35. The summed E-state index contributed by atoms with van der Waals surface area (Å²) in [5.74, 6) is -0.179. The molecule has 7 nitrogen and oxygen atoms in total. The van der Waals surface area contributed by atoms with Crippen molar-refractivity contribution in [3.05, 3.63) is 101 Å². The van der Waals surface area contributed by atoms with Crippen LogP contribution in [0.5, 0.6) is 0 Å². The van der Waals surface area contributed by atoms with Crippen LogP contribution in [0.3, 0.4) is 0 Å². The lowest BCUT2D eigenvalue weighted by atomic mass is 10.1. The molecule has 0 saturated carbocycles. The first-order chi connectivity index (χ1) is 16.9. The molecule has 2 N–H and O–H groups in total. The zero-order chi connectivity index (χ0) is 24.4. The minimum atomic E-state index is -0.179. The van der Waals surface area contributed by atoms with Gasteiger partial charge in [-0.2, -0.15) is 0 Å². The molecule has 5 aromatic rings. The Morgan fingerprint density at radius 2 is 1.94 bits per heavy atom. The van der Waals surface area contributed by atoms with E-state index in [1.165, 1.54) is 11.3 Å². The van der Waals surface area contributed by atoms with Crippen LogP contribution in [-0.2, 0) is 0 Å². The van der Waals surface area contributed by atoms with Crippen LogP contribution in [-0.4, -0.2) is 25.4 Å². The minimum absolute atomic E-state index is 0.179.